The van der Waals surface area contributed by atoms with Crippen LogP contribution in [0.5, 0.6) is 0 Å². The van der Waals surface area contributed by atoms with Crippen molar-refractivity contribution in [1.29, 1.82) is 0 Å². The van der Waals surface area contributed by atoms with Crippen LogP contribution in [-0.4, -0.2) is 47.5 Å². The van der Waals surface area contributed by atoms with Gasteiger partial charge in [0.2, 0.25) is 5.79 Å². The fraction of sp³-hybridized carbons (Fsp3) is 1.00. The molecule has 1 spiro atoms. The first-order valence-corrected chi connectivity index (χ1v) is 9.09. The second kappa shape index (κ2) is 5.78. The number of alkyl halides is 3. The summed E-state index contributed by atoms with van der Waals surface area (Å²) in [6.07, 6.45) is -4.23. The van der Waals surface area contributed by atoms with E-state index in [1.54, 1.807) is 6.92 Å². The van der Waals surface area contributed by atoms with Crippen molar-refractivity contribution in [2.75, 3.05) is 6.61 Å². The lowest BCUT2D eigenvalue weighted by Crippen LogP contribution is -2.75. The van der Waals surface area contributed by atoms with E-state index < -0.39 is 48.3 Å². The van der Waals surface area contributed by atoms with Crippen molar-refractivity contribution in [3.63, 3.8) is 0 Å². The zero-order chi connectivity index (χ0) is 19.0. The Morgan fingerprint density at radius 2 is 1.88 bits per heavy atom. The van der Waals surface area contributed by atoms with Crippen molar-refractivity contribution in [3.8, 4) is 0 Å². The van der Waals surface area contributed by atoms with E-state index >= 15 is 0 Å². The highest BCUT2D eigenvalue weighted by molar-refractivity contribution is 5.13. The number of ether oxygens (including phenoxy) is 3. The first-order chi connectivity index (χ1) is 12.0. The van der Waals surface area contributed by atoms with Crippen LogP contribution < -0.4 is 0 Å². The minimum atomic E-state index is -4.52. The zero-order valence-electron chi connectivity index (χ0n) is 15.0. The summed E-state index contributed by atoms with van der Waals surface area (Å²) >= 11 is 0. The van der Waals surface area contributed by atoms with Gasteiger partial charge in [0.25, 0.3) is 0 Å². The Labute approximate surface area is 149 Å². The first kappa shape index (κ1) is 18.9. The molecule has 26 heavy (non-hydrogen) atoms. The largest absolute Gasteiger partial charge is 0.411 e. The Morgan fingerprint density at radius 3 is 2.58 bits per heavy atom. The predicted octanol–water partition coefficient (Wildman–Crippen LogP) is 2.89. The summed E-state index contributed by atoms with van der Waals surface area (Å²) in [6, 6.07) is 0. The molecule has 0 aromatic heterocycles. The summed E-state index contributed by atoms with van der Waals surface area (Å²) in [6.45, 7) is 3.77. The van der Waals surface area contributed by atoms with Crippen molar-refractivity contribution in [2.24, 2.45) is 17.8 Å². The predicted molar refractivity (Wildman–Crippen MR) is 80.3 cm³/mol. The Kier molecular flexibility index (Phi) is 4.20. The smallest absolute Gasteiger partial charge is 0.384 e. The van der Waals surface area contributed by atoms with Crippen molar-refractivity contribution < 1.29 is 42.3 Å². The molecule has 4 aliphatic heterocycles. The fourth-order valence-corrected chi connectivity index (χ4v) is 5.26. The molecule has 5 rings (SSSR count). The number of aliphatic hydroxyl groups is 1. The van der Waals surface area contributed by atoms with Crippen molar-refractivity contribution >= 4 is 0 Å². The number of halogens is 3. The Hall–Kier alpha value is -0.450. The van der Waals surface area contributed by atoms with Gasteiger partial charge < -0.3 is 19.3 Å². The van der Waals surface area contributed by atoms with Gasteiger partial charge in [0, 0.05) is 12.3 Å². The molecule has 0 aromatic carbocycles. The maximum atomic E-state index is 12.6. The molecule has 0 amide bonds. The zero-order valence-corrected chi connectivity index (χ0v) is 15.0. The molecule has 1 saturated carbocycles. The molecule has 4 saturated heterocycles. The van der Waals surface area contributed by atoms with Crippen LogP contribution in [-0.2, 0) is 24.0 Å². The van der Waals surface area contributed by atoms with E-state index in [-0.39, 0.29) is 11.8 Å². The van der Waals surface area contributed by atoms with Gasteiger partial charge in [0.05, 0.1) is 0 Å². The minimum absolute atomic E-state index is 0.00520. The summed E-state index contributed by atoms with van der Waals surface area (Å²) in [7, 11) is 0. The molecule has 0 unspecified atom stereocenters. The van der Waals surface area contributed by atoms with Gasteiger partial charge in [-0.3, -0.25) is 0 Å². The van der Waals surface area contributed by atoms with Crippen LogP contribution in [0.4, 0.5) is 13.2 Å². The highest BCUT2D eigenvalue weighted by Gasteiger charge is 2.73. The van der Waals surface area contributed by atoms with E-state index in [4.69, 9.17) is 24.0 Å². The molecule has 1 N–H and O–H groups in total. The maximum absolute atomic E-state index is 12.6. The lowest BCUT2D eigenvalue weighted by Gasteiger charge is -2.62. The number of hydrogen-bond donors (Lipinski definition) is 1. The van der Waals surface area contributed by atoms with E-state index in [0.29, 0.717) is 12.8 Å². The van der Waals surface area contributed by atoms with E-state index in [1.807, 2.05) is 0 Å². The molecule has 5 aliphatic rings. The van der Waals surface area contributed by atoms with Crippen LogP contribution in [0.25, 0.3) is 0 Å². The fourth-order valence-electron chi connectivity index (χ4n) is 5.26. The highest BCUT2D eigenvalue weighted by atomic mass is 19.4. The third kappa shape index (κ3) is 2.70. The Morgan fingerprint density at radius 1 is 1.15 bits per heavy atom. The highest BCUT2D eigenvalue weighted by Crippen LogP contribution is 2.61. The maximum Gasteiger partial charge on any atom is 0.411 e. The standard InChI is InChI=1S/C17H25F3O6/c1-9-4-5-11-15(3,21)12(22-8-16(18,19)20)23-13-17(11)10(9)6-7-14(2,24-13)25-26-17/h9-13,21H,4-8H2,1-3H3/t9-,10+,11+,12+,13-,14-,15+,17-/m1/s1. The van der Waals surface area contributed by atoms with Gasteiger partial charge in [-0.15, -0.1) is 0 Å². The van der Waals surface area contributed by atoms with Gasteiger partial charge in [0.15, 0.2) is 18.2 Å². The van der Waals surface area contributed by atoms with E-state index in [9.17, 15) is 18.3 Å². The third-order valence-corrected chi connectivity index (χ3v) is 6.55. The van der Waals surface area contributed by atoms with Gasteiger partial charge in [0.1, 0.15) is 12.2 Å². The SMILES string of the molecule is C[C@@H]1CC[C@H]2[C@](C)(O)[C@@H](OCC(F)(F)F)O[C@@H]3O[C@@]4(C)CC[C@@H]1[C@]32OO4. The lowest BCUT2D eigenvalue weighted by atomic mass is 9.57. The first-order valence-electron chi connectivity index (χ1n) is 9.09. The molecule has 9 heteroatoms. The van der Waals surface area contributed by atoms with Crippen LogP contribution in [0.1, 0.15) is 46.5 Å². The quantitative estimate of drug-likeness (QED) is 0.741. The monoisotopic (exact) mass is 382 g/mol. The molecule has 150 valence electrons. The minimum Gasteiger partial charge on any atom is -0.384 e. The normalized spacial score (nSPS) is 53.9. The second-order valence-corrected chi connectivity index (χ2v) is 8.48. The van der Waals surface area contributed by atoms with Crippen molar-refractivity contribution in [3.05, 3.63) is 0 Å². The van der Waals surface area contributed by atoms with Gasteiger partial charge in [-0.05, 0) is 44.9 Å². The Bertz CT molecular complexity index is 569. The molecule has 2 bridgehead atoms. The van der Waals surface area contributed by atoms with Crippen molar-refractivity contribution in [1.82, 2.24) is 0 Å². The molecule has 8 atom stereocenters. The second-order valence-electron chi connectivity index (χ2n) is 8.48. The average Bonchev–Trinajstić information content (AvgIpc) is 2.75. The molecule has 6 nitrogen and oxygen atoms in total. The number of hydrogen-bond acceptors (Lipinski definition) is 6. The van der Waals surface area contributed by atoms with Gasteiger partial charge in [-0.1, -0.05) is 6.92 Å². The van der Waals surface area contributed by atoms with Crippen LogP contribution in [0, 0.1) is 17.8 Å². The van der Waals surface area contributed by atoms with E-state index in [2.05, 4.69) is 6.92 Å². The molecular formula is C17H25F3O6. The Balaban J connectivity index is 1.70. The van der Waals surface area contributed by atoms with Crippen LogP contribution in [0.15, 0.2) is 0 Å². The van der Waals surface area contributed by atoms with Crippen LogP contribution >= 0.6 is 0 Å². The summed E-state index contributed by atoms with van der Waals surface area (Å²) in [5, 5.41) is 11.1. The van der Waals surface area contributed by atoms with Crippen molar-refractivity contribution in [2.45, 2.75) is 82.2 Å². The summed E-state index contributed by atoms with van der Waals surface area (Å²) in [5.41, 5.74) is -2.74. The molecule has 5 fully saturated rings. The van der Waals surface area contributed by atoms with Crippen LogP contribution in [0.2, 0.25) is 0 Å². The number of rotatable bonds is 2. The van der Waals surface area contributed by atoms with Crippen LogP contribution in [0.3, 0.4) is 0 Å². The molecule has 1 aliphatic carbocycles. The average molecular weight is 382 g/mol. The summed E-state index contributed by atoms with van der Waals surface area (Å²) in [5.74, 6) is -1.27. The molecule has 0 aromatic rings. The lowest BCUT2D eigenvalue weighted by molar-refractivity contribution is -0.584. The van der Waals surface area contributed by atoms with Gasteiger partial charge in [-0.2, -0.15) is 13.2 Å². The van der Waals surface area contributed by atoms with E-state index in [0.717, 1.165) is 12.8 Å². The van der Waals surface area contributed by atoms with Gasteiger partial charge in [-0.25, -0.2) is 9.78 Å². The third-order valence-electron chi connectivity index (χ3n) is 6.55. The molecule has 4 heterocycles. The van der Waals surface area contributed by atoms with Gasteiger partial charge >= 0.3 is 6.18 Å². The molecule has 0 radical (unpaired) electrons. The summed E-state index contributed by atoms with van der Waals surface area (Å²) in [4.78, 5) is 11.4. The molecular weight excluding hydrogens is 357 g/mol. The van der Waals surface area contributed by atoms with E-state index in [1.165, 1.54) is 6.92 Å². The topological polar surface area (TPSA) is 66.4 Å². The summed E-state index contributed by atoms with van der Waals surface area (Å²) < 4.78 is 54.6. The number of fused-ring (bicyclic) bond motifs is 2.